The fourth-order valence-electron chi connectivity index (χ4n) is 5.90. The van der Waals surface area contributed by atoms with Crippen molar-refractivity contribution in [1.29, 1.82) is 0 Å². The van der Waals surface area contributed by atoms with E-state index in [-0.39, 0.29) is 12.4 Å². The summed E-state index contributed by atoms with van der Waals surface area (Å²) in [6, 6.07) is 10.1. The molecule has 156 valence electrons. The highest BCUT2D eigenvalue weighted by atomic mass is 16.3. The van der Waals surface area contributed by atoms with Crippen LogP contribution in [0.25, 0.3) is 10.9 Å². The van der Waals surface area contributed by atoms with Gasteiger partial charge in [-0.15, -0.1) is 0 Å². The van der Waals surface area contributed by atoms with Crippen LogP contribution in [0.1, 0.15) is 61.5 Å². The van der Waals surface area contributed by atoms with Gasteiger partial charge in [-0.3, -0.25) is 14.5 Å². The second-order valence-electron chi connectivity index (χ2n) is 8.41. The first-order valence-corrected chi connectivity index (χ1v) is 10.9. The standard InChI is InChI=1S/C22H29N3O.CH2O2/c1-2-24-16-7-5-8-17(24)14-15(13-16)23-22(26)21-18-9-3-4-10-19(18)25-12-6-11-20(21)25;2-1-3/h3-4,9-10,15-17H,2,5-8,11-14H2,1H3,(H,23,26);1H,(H,2,3). The van der Waals surface area contributed by atoms with Gasteiger partial charge in [0.15, 0.2) is 0 Å². The number of carbonyl (C=O) groups excluding carboxylic acids is 1. The highest BCUT2D eigenvalue weighted by Gasteiger charge is 2.38. The molecule has 3 aliphatic heterocycles. The number of nitrogens with zero attached hydrogens (tertiary/aromatic N) is 2. The first-order chi connectivity index (χ1) is 14.2. The Bertz CT molecular complexity index is 877. The summed E-state index contributed by atoms with van der Waals surface area (Å²) in [6.07, 6.45) is 8.34. The van der Waals surface area contributed by atoms with Crippen molar-refractivity contribution in [3.8, 4) is 0 Å². The molecule has 0 saturated carbocycles. The molecule has 2 atom stereocenters. The number of benzene rings is 1. The molecular weight excluding hydrogens is 366 g/mol. The molecule has 2 unspecified atom stereocenters. The minimum absolute atomic E-state index is 0.157. The van der Waals surface area contributed by atoms with E-state index in [0.29, 0.717) is 18.1 Å². The van der Waals surface area contributed by atoms with E-state index in [1.54, 1.807) is 0 Å². The molecule has 0 spiro atoms. The summed E-state index contributed by atoms with van der Waals surface area (Å²) < 4.78 is 2.36. The van der Waals surface area contributed by atoms with E-state index in [9.17, 15) is 4.79 Å². The van der Waals surface area contributed by atoms with Crippen molar-refractivity contribution in [2.45, 2.75) is 76.5 Å². The van der Waals surface area contributed by atoms with Gasteiger partial charge in [-0.1, -0.05) is 31.5 Å². The summed E-state index contributed by atoms with van der Waals surface area (Å²) in [5, 5.41) is 11.5. The first-order valence-electron chi connectivity index (χ1n) is 10.9. The Morgan fingerprint density at radius 3 is 2.59 bits per heavy atom. The molecule has 5 rings (SSSR count). The lowest BCUT2D eigenvalue weighted by atomic mass is 9.81. The number of hydrogen-bond donors (Lipinski definition) is 2. The Balaban J connectivity index is 0.000000645. The van der Waals surface area contributed by atoms with Crippen molar-refractivity contribution in [2.24, 2.45) is 0 Å². The van der Waals surface area contributed by atoms with Gasteiger partial charge >= 0.3 is 0 Å². The van der Waals surface area contributed by atoms with Gasteiger partial charge in [0.2, 0.25) is 0 Å². The van der Waals surface area contributed by atoms with Crippen molar-refractivity contribution in [3.05, 3.63) is 35.5 Å². The molecule has 2 aromatic rings. The molecule has 2 N–H and O–H groups in total. The van der Waals surface area contributed by atoms with E-state index in [0.717, 1.165) is 49.7 Å². The number of piperidine rings is 2. The molecule has 1 aromatic heterocycles. The van der Waals surface area contributed by atoms with E-state index in [1.165, 1.54) is 30.5 Å². The quantitative estimate of drug-likeness (QED) is 0.778. The van der Waals surface area contributed by atoms with Crippen molar-refractivity contribution >= 4 is 23.3 Å². The van der Waals surface area contributed by atoms with Crippen LogP contribution in [0, 0.1) is 0 Å². The Kier molecular flexibility index (Phi) is 5.90. The zero-order valence-corrected chi connectivity index (χ0v) is 17.1. The van der Waals surface area contributed by atoms with Gasteiger partial charge in [0, 0.05) is 41.3 Å². The average Bonchev–Trinajstić information content (AvgIpc) is 3.28. The van der Waals surface area contributed by atoms with Gasteiger partial charge in [0.1, 0.15) is 0 Å². The molecule has 29 heavy (non-hydrogen) atoms. The van der Waals surface area contributed by atoms with E-state index in [4.69, 9.17) is 9.90 Å². The van der Waals surface area contributed by atoms with Crippen LogP contribution in [0.2, 0.25) is 0 Å². The molecule has 6 nitrogen and oxygen atoms in total. The summed E-state index contributed by atoms with van der Waals surface area (Å²) in [5.74, 6) is 0.157. The predicted octanol–water partition coefficient (Wildman–Crippen LogP) is 3.42. The molecule has 2 fully saturated rings. The largest absolute Gasteiger partial charge is 0.483 e. The molecule has 1 aromatic carbocycles. The topological polar surface area (TPSA) is 74.6 Å². The van der Waals surface area contributed by atoms with Crippen LogP contribution in [0.3, 0.4) is 0 Å². The van der Waals surface area contributed by atoms with Crippen LogP contribution in [-0.2, 0) is 17.8 Å². The fraction of sp³-hybridized carbons (Fsp3) is 0.565. The Hall–Kier alpha value is -2.34. The third-order valence-electron chi connectivity index (χ3n) is 6.93. The molecule has 6 heteroatoms. The highest BCUT2D eigenvalue weighted by Crippen LogP contribution is 2.35. The maximum absolute atomic E-state index is 13.3. The number of para-hydroxylation sites is 1. The smallest absolute Gasteiger partial charge is 0.290 e. The second-order valence-corrected chi connectivity index (χ2v) is 8.41. The minimum atomic E-state index is -0.250. The van der Waals surface area contributed by atoms with Crippen molar-refractivity contribution in [2.75, 3.05) is 6.54 Å². The molecule has 1 amide bonds. The second kappa shape index (κ2) is 8.57. The fourth-order valence-corrected chi connectivity index (χ4v) is 5.90. The lowest BCUT2D eigenvalue weighted by Gasteiger charge is -2.48. The minimum Gasteiger partial charge on any atom is -0.483 e. The Morgan fingerprint density at radius 2 is 1.90 bits per heavy atom. The van der Waals surface area contributed by atoms with Gasteiger partial charge in [-0.2, -0.15) is 0 Å². The van der Waals surface area contributed by atoms with Gasteiger partial charge in [-0.05, 0) is 51.1 Å². The van der Waals surface area contributed by atoms with Gasteiger partial charge in [-0.25, -0.2) is 0 Å². The first kappa shape index (κ1) is 20.0. The number of rotatable bonds is 3. The van der Waals surface area contributed by atoms with Crippen molar-refractivity contribution in [1.82, 2.24) is 14.8 Å². The summed E-state index contributed by atoms with van der Waals surface area (Å²) in [5.41, 5.74) is 3.42. The number of carbonyl (C=O) groups is 2. The van der Waals surface area contributed by atoms with Gasteiger partial charge in [0.25, 0.3) is 12.4 Å². The van der Waals surface area contributed by atoms with Crippen LogP contribution in [0.5, 0.6) is 0 Å². The molecule has 0 aliphatic carbocycles. The van der Waals surface area contributed by atoms with E-state index < -0.39 is 0 Å². The summed E-state index contributed by atoms with van der Waals surface area (Å²) in [4.78, 5) is 24.3. The summed E-state index contributed by atoms with van der Waals surface area (Å²) in [7, 11) is 0. The van der Waals surface area contributed by atoms with Gasteiger partial charge in [0.05, 0.1) is 5.56 Å². The third kappa shape index (κ3) is 3.66. The van der Waals surface area contributed by atoms with Crippen LogP contribution >= 0.6 is 0 Å². The lowest BCUT2D eigenvalue weighted by Crippen LogP contribution is -2.56. The highest BCUT2D eigenvalue weighted by molar-refractivity contribution is 6.08. The zero-order valence-electron chi connectivity index (χ0n) is 17.1. The monoisotopic (exact) mass is 397 g/mol. The summed E-state index contributed by atoms with van der Waals surface area (Å²) in [6.45, 7) is 4.22. The SMILES string of the molecule is CCN1C2CCCC1CC(NC(=O)c1c3n(c4ccccc14)CCC3)C2.O=CO. The maximum Gasteiger partial charge on any atom is 0.290 e. The predicted molar refractivity (Wildman–Crippen MR) is 113 cm³/mol. The lowest BCUT2D eigenvalue weighted by molar-refractivity contribution is -0.122. The maximum atomic E-state index is 13.3. The number of carboxylic acid groups (broad SMARTS) is 1. The van der Waals surface area contributed by atoms with Crippen LogP contribution in [-0.4, -0.2) is 51.6 Å². The van der Waals surface area contributed by atoms with Crippen LogP contribution < -0.4 is 5.32 Å². The molecule has 4 heterocycles. The number of aromatic nitrogens is 1. The number of nitrogens with one attached hydrogen (secondary N) is 1. The van der Waals surface area contributed by atoms with E-state index in [1.807, 2.05) is 0 Å². The van der Waals surface area contributed by atoms with Crippen LogP contribution in [0.15, 0.2) is 24.3 Å². The summed E-state index contributed by atoms with van der Waals surface area (Å²) >= 11 is 0. The number of aryl methyl sites for hydroxylation is 1. The number of hydrogen-bond acceptors (Lipinski definition) is 3. The van der Waals surface area contributed by atoms with E-state index >= 15 is 0 Å². The molecule has 3 aliphatic rings. The van der Waals surface area contributed by atoms with E-state index in [2.05, 4.69) is 46.0 Å². The molecule has 0 radical (unpaired) electrons. The number of amides is 1. The molecular formula is C23H31N3O3. The molecule has 2 bridgehead atoms. The Labute approximate surface area is 171 Å². The van der Waals surface area contributed by atoms with Crippen molar-refractivity contribution in [3.63, 3.8) is 0 Å². The third-order valence-corrected chi connectivity index (χ3v) is 6.93. The number of fused-ring (bicyclic) bond motifs is 5. The zero-order chi connectivity index (χ0) is 20.4. The Morgan fingerprint density at radius 1 is 1.21 bits per heavy atom. The molecule has 2 saturated heterocycles. The van der Waals surface area contributed by atoms with Gasteiger partial charge < -0.3 is 15.0 Å². The van der Waals surface area contributed by atoms with Crippen molar-refractivity contribution < 1.29 is 14.7 Å². The normalized spacial score (nSPS) is 25.8. The average molecular weight is 398 g/mol. The van der Waals surface area contributed by atoms with Crippen LogP contribution in [0.4, 0.5) is 0 Å².